The number of carbonyl (C=O) groups excluding carboxylic acids is 1. The second-order valence-electron chi connectivity index (χ2n) is 5.11. The van der Waals surface area contributed by atoms with Crippen molar-refractivity contribution < 1.29 is 27.4 Å². The summed E-state index contributed by atoms with van der Waals surface area (Å²) in [5.74, 6) is -0.305. The summed E-state index contributed by atoms with van der Waals surface area (Å²) in [6, 6.07) is 8.88. The molecule has 7 nitrogen and oxygen atoms in total. The predicted octanol–water partition coefficient (Wildman–Crippen LogP) is 3.15. The van der Waals surface area contributed by atoms with Crippen LogP contribution in [0.25, 0.3) is 0 Å². The average Bonchev–Trinajstić information content (AvgIpc) is 2.66. The van der Waals surface area contributed by atoms with E-state index in [1.165, 1.54) is 32.4 Å². The van der Waals surface area contributed by atoms with Gasteiger partial charge in [0.15, 0.2) is 5.75 Å². The molecule has 0 fully saturated rings. The minimum Gasteiger partial charge on any atom is -0.495 e. The highest BCUT2D eigenvalue weighted by molar-refractivity contribution is 7.89. The van der Waals surface area contributed by atoms with Gasteiger partial charge in [-0.2, -0.15) is 0 Å². The Hall–Kier alpha value is -2.00. The molecule has 0 saturated carbocycles. The Morgan fingerprint density at radius 3 is 2.37 bits per heavy atom. The number of sulfonamides is 1. The average molecular weight is 434 g/mol. The number of hydrogen-bond acceptors (Lipinski definition) is 6. The second kappa shape index (κ2) is 9.27. The van der Waals surface area contributed by atoms with Gasteiger partial charge in [-0.1, -0.05) is 29.3 Å². The van der Waals surface area contributed by atoms with Crippen molar-refractivity contribution in [2.75, 3.05) is 27.4 Å². The first-order valence-corrected chi connectivity index (χ1v) is 9.89. The number of hydrogen-bond donors (Lipinski definition) is 1. The van der Waals surface area contributed by atoms with Gasteiger partial charge in [0.25, 0.3) is 0 Å². The highest BCUT2D eigenvalue weighted by Gasteiger charge is 2.20. The topological polar surface area (TPSA) is 90.9 Å². The zero-order chi connectivity index (χ0) is 20.0. The van der Waals surface area contributed by atoms with Crippen molar-refractivity contribution >= 4 is 39.2 Å². The van der Waals surface area contributed by atoms with Gasteiger partial charge >= 0.3 is 5.97 Å². The number of methoxy groups -OCH3 is 1. The molecular weight excluding hydrogens is 417 g/mol. The van der Waals surface area contributed by atoms with Crippen molar-refractivity contribution in [3.8, 4) is 11.5 Å². The normalized spacial score (nSPS) is 11.1. The van der Waals surface area contributed by atoms with E-state index in [4.69, 9.17) is 37.4 Å². The van der Waals surface area contributed by atoms with Gasteiger partial charge < -0.3 is 14.2 Å². The van der Waals surface area contributed by atoms with Gasteiger partial charge in [-0.05, 0) is 37.4 Å². The van der Waals surface area contributed by atoms with E-state index in [1.807, 2.05) is 0 Å². The molecule has 0 spiro atoms. The molecule has 0 aliphatic carbocycles. The number of rotatable bonds is 8. The summed E-state index contributed by atoms with van der Waals surface area (Å²) in [6.07, 6.45) is 0. The van der Waals surface area contributed by atoms with E-state index in [0.717, 1.165) is 0 Å². The fourth-order valence-corrected chi connectivity index (χ4v) is 3.53. The van der Waals surface area contributed by atoms with Crippen LogP contribution in [0.5, 0.6) is 11.5 Å². The highest BCUT2D eigenvalue weighted by atomic mass is 35.5. The van der Waals surface area contributed by atoms with E-state index in [0.29, 0.717) is 15.8 Å². The standard InChI is InChI=1S/C17H17Cl2NO6S/c1-20-27(22,23)15-10-11(6-7-14(15)24-2)17(21)26-9-8-25-16-12(18)4-3-5-13(16)19/h3-7,10,20H,8-9H2,1-2H3. The first-order chi connectivity index (χ1) is 12.8. The molecule has 2 rings (SSSR count). The quantitative estimate of drug-likeness (QED) is 0.507. The summed E-state index contributed by atoms with van der Waals surface area (Å²) < 4.78 is 41.8. The summed E-state index contributed by atoms with van der Waals surface area (Å²) in [7, 11) is -1.21. The summed E-state index contributed by atoms with van der Waals surface area (Å²) in [4.78, 5) is 12.0. The van der Waals surface area contributed by atoms with Gasteiger partial charge in [0.05, 0.1) is 22.7 Å². The number of para-hydroxylation sites is 1. The first kappa shape index (κ1) is 21.3. The van der Waals surface area contributed by atoms with E-state index in [-0.39, 0.29) is 29.4 Å². The molecule has 0 atom stereocenters. The Bertz CT molecular complexity index is 913. The van der Waals surface area contributed by atoms with Gasteiger partial charge in [-0.15, -0.1) is 0 Å². The van der Waals surface area contributed by atoms with Crippen LogP contribution in [0.4, 0.5) is 0 Å². The molecule has 0 aliphatic rings. The zero-order valence-corrected chi connectivity index (χ0v) is 16.8. The molecule has 10 heteroatoms. The number of esters is 1. The van der Waals surface area contributed by atoms with Crippen LogP contribution in [0.1, 0.15) is 10.4 Å². The van der Waals surface area contributed by atoms with Gasteiger partial charge in [-0.25, -0.2) is 17.9 Å². The largest absolute Gasteiger partial charge is 0.495 e. The number of halogens is 2. The maximum Gasteiger partial charge on any atom is 0.338 e. The number of benzene rings is 2. The molecule has 0 heterocycles. The summed E-state index contributed by atoms with van der Waals surface area (Å²) in [5, 5.41) is 0.678. The monoisotopic (exact) mass is 433 g/mol. The third-order valence-corrected chi connectivity index (χ3v) is 5.47. The minimum absolute atomic E-state index is 0.0209. The van der Waals surface area contributed by atoms with Crippen LogP contribution in [-0.2, 0) is 14.8 Å². The van der Waals surface area contributed by atoms with Crippen molar-refractivity contribution in [1.29, 1.82) is 0 Å². The van der Waals surface area contributed by atoms with Crippen molar-refractivity contribution in [2.24, 2.45) is 0 Å². The van der Waals surface area contributed by atoms with Gasteiger partial charge in [0.2, 0.25) is 10.0 Å². The lowest BCUT2D eigenvalue weighted by atomic mass is 10.2. The van der Waals surface area contributed by atoms with E-state index < -0.39 is 16.0 Å². The van der Waals surface area contributed by atoms with Crippen LogP contribution >= 0.6 is 23.2 Å². The van der Waals surface area contributed by atoms with E-state index in [1.54, 1.807) is 18.2 Å². The second-order valence-corrected chi connectivity index (χ2v) is 7.78. The Kier molecular flexibility index (Phi) is 7.32. The Balaban J connectivity index is 2.03. The highest BCUT2D eigenvalue weighted by Crippen LogP contribution is 2.32. The molecule has 0 radical (unpaired) electrons. The maximum atomic E-state index is 12.2. The summed E-state index contributed by atoms with van der Waals surface area (Å²) in [5.41, 5.74) is 0.0559. The molecule has 0 aromatic heterocycles. The van der Waals surface area contributed by atoms with Crippen molar-refractivity contribution in [3.63, 3.8) is 0 Å². The Labute approximate surface area is 167 Å². The van der Waals surface area contributed by atoms with E-state index in [9.17, 15) is 13.2 Å². The molecule has 0 saturated heterocycles. The maximum absolute atomic E-state index is 12.2. The minimum atomic E-state index is -3.80. The molecule has 0 unspecified atom stereocenters. The molecule has 2 aromatic carbocycles. The van der Waals surface area contributed by atoms with Gasteiger partial charge in [-0.3, -0.25) is 0 Å². The fourth-order valence-electron chi connectivity index (χ4n) is 2.11. The number of nitrogens with one attached hydrogen (secondary N) is 1. The van der Waals surface area contributed by atoms with Crippen LogP contribution in [0.15, 0.2) is 41.3 Å². The number of carbonyl (C=O) groups is 1. The summed E-state index contributed by atoms with van der Waals surface area (Å²) in [6.45, 7) is -0.0620. The molecule has 1 N–H and O–H groups in total. The lowest BCUT2D eigenvalue weighted by Crippen LogP contribution is -2.20. The molecular formula is C17H17Cl2NO6S. The van der Waals surface area contributed by atoms with E-state index >= 15 is 0 Å². The van der Waals surface area contributed by atoms with Crippen LogP contribution in [0.2, 0.25) is 10.0 Å². The van der Waals surface area contributed by atoms with Crippen LogP contribution in [0.3, 0.4) is 0 Å². The number of ether oxygens (including phenoxy) is 3. The Morgan fingerprint density at radius 2 is 1.78 bits per heavy atom. The molecule has 0 aliphatic heterocycles. The lowest BCUT2D eigenvalue weighted by molar-refractivity contribution is 0.0450. The fraction of sp³-hybridized carbons (Fsp3) is 0.235. The van der Waals surface area contributed by atoms with Gasteiger partial charge in [0.1, 0.15) is 23.9 Å². The van der Waals surface area contributed by atoms with Crippen molar-refractivity contribution in [3.05, 3.63) is 52.0 Å². The lowest BCUT2D eigenvalue weighted by Gasteiger charge is -2.12. The smallest absolute Gasteiger partial charge is 0.338 e. The molecule has 146 valence electrons. The van der Waals surface area contributed by atoms with E-state index in [2.05, 4.69) is 4.72 Å². The third-order valence-electron chi connectivity index (χ3n) is 3.44. The molecule has 27 heavy (non-hydrogen) atoms. The van der Waals surface area contributed by atoms with Crippen molar-refractivity contribution in [1.82, 2.24) is 4.72 Å². The molecule has 0 amide bonds. The predicted molar refractivity (Wildman–Crippen MR) is 101 cm³/mol. The van der Waals surface area contributed by atoms with Crippen LogP contribution in [-0.4, -0.2) is 41.8 Å². The SMILES string of the molecule is CNS(=O)(=O)c1cc(C(=O)OCCOc2c(Cl)cccc2Cl)ccc1OC. The van der Waals surface area contributed by atoms with Gasteiger partial charge in [0, 0.05) is 0 Å². The molecule has 0 bridgehead atoms. The van der Waals surface area contributed by atoms with Crippen molar-refractivity contribution in [2.45, 2.75) is 4.90 Å². The summed E-state index contributed by atoms with van der Waals surface area (Å²) >= 11 is 12.0. The molecule has 2 aromatic rings. The Morgan fingerprint density at radius 1 is 1.11 bits per heavy atom. The first-order valence-electron chi connectivity index (χ1n) is 7.65. The van der Waals surface area contributed by atoms with Crippen LogP contribution in [0, 0.1) is 0 Å². The van der Waals surface area contributed by atoms with Crippen LogP contribution < -0.4 is 14.2 Å². The third kappa shape index (κ3) is 5.26. The zero-order valence-electron chi connectivity index (χ0n) is 14.5.